The molecule has 108 valence electrons. The Hall–Kier alpha value is -1.86. The first-order valence-corrected chi connectivity index (χ1v) is 6.82. The minimum absolute atomic E-state index is 0.150. The molecule has 4 heteroatoms. The summed E-state index contributed by atoms with van der Waals surface area (Å²) in [4.78, 5) is 14.2. The van der Waals surface area contributed by atoms with Crippen LogP contribution in [-0.2, 0) is 0 Å². The average molecular weight is 277 g/mol. The molecule has 1 amide bonds. The monoisotopic (exact) mass is 277 g/mol. The second-order valence-corrected chi connectivity index (χ2v) is 4.39. The van der Waals surface area contributed by atoms with Crippen LogP contribution in [0.25, 0.3) is 0 Å². The topological polar surface area (TPSA) is 40.5 Å². The lowest BCUT2D eigenvalue weighted by Crippen LogP contribution is -2.32. The highest BCUT2D eigenvalue weighted by Crippen LogP contribution is 2.14. The van der Waals surface area contributed by atoms with E-state index in [-0.39, 0.29) is 12.5 Å². The van der Waals surface area contributed by atoms with Crippen molar-refractivity contribution in [2.24, 2.45) is 0 Å². The minimum Gasteiger partial charge on any atom is -0.384 e. The van der Waals surface area contributed by atoms with Gasteiger partial charge in [-0.2, -0.15) is 0 Å². The Morgan fingerprint density at radius 2 is 2.15 bits per heavy atom. The lowest BCUT2D eigenvalue weighted by atomic mass is 10.1. The van der Waals surface area contributed by atoms with E-state index in [0.29, 0.717) is 24.2 Å². The van der Waals surface area contributed by atoms with Gasteiger partial charge >= 0.3 is 0 Å². The molecule has 0 atom stereocenters. The van der Waals surface area contributed by atoms with E-state index in [2.05, 4.69) is 18.8 Å². The quantitative estimate of drug-likeness (QED) is 0.840. The van der Waals surface area contributed by atoms with Crippen molar-refractivity contribution in [2.75, 3.05) is 19.7 Å². The van der Waals surface area contributed by atoms with Gasteiger partial charge in [-0.3, -0.25) is 4.79 Å². The highest BCUT2D eigenvalue weighted by Gasteiger charge is 2.17. The van der Waals surface area contributed by atoms with Gasteiger partial charge in [0.2, 0.25) is 0 Å². The summed E-state index contributed by atoms with van der Waals surface area (Å²) in [6.07, 6.45) is 1.93. The predicted octanol–water partition coefficient (Wildman–Crippen LogP) is 2.43. The van der Waals surface area contributed by atoms with Crippen molar-refractivity contribution in [3.8, 4) is 11.8 Å². The number of halogens is 1. The van der Waals surface area contributed by atoms with Crippen LogP contribution in [0.2, 0.25) is 0 Å². The fourth-order valence-electron chi connectivity index (χ4n) is 1.86. The normalized spacial score (nSPS) is 9.80. The molecule has 0 fully saturated rings. The molecule has 3 nitrogen and oxygen atoms in total. The zero-order valence-electron chi connectivity index (χ0n) is 11.9. The van der Waals surface area contributed by atoms with Gasteiger partial charge in [0.05, 0.1) is 5.56 Å². The summed E-state index contributed by atoms with van der Waals surface area (Å²) in [6, 6.07) is 3.93. The second kappa shape index (κ2) is 8.34. The van der Waals surface area contributed by atoms with Gasteiger partial charge in [-0.25, -0.2) is 4.39 Å². The van der Waals surface area contributed by atoms with E-state index in [9.17, 15) is 9.18 Å². The molecule has 0 unspecified atom stereocenters. The van der Waals surface area contributed by atoms with E-state index >= 15 is 0 Å². The maximum absolute atomic E-state index is 13.3. The van der Waals surface area contributed by atoms with Crippen LogP contribution in [0, 0.1) is 17.7 Å². The number of benzene rings is 1. The number of carbonyl (C=O) groups excluding carboxylic acids is 1. The van der Waals surface area contributed by atoms with Crippen molar-refractivity contribution in [1.82, 2.24) is 4.90 Å². The molecule has 0 radical (unpaired) electrons. The van der Waals surface area contributed by atoms with E-state index < -0.39 is 5.82 Å². The first-order chi connectivity index (χ1) is 9.63. The maximum atomic E-state index is 13.3. The highest BCUT2D eigenvalue weighted by molar-refractivity contribution is 5.96. The number of rotatable bonds is 5. The summed E-state index contributed by atoms with van der Waals surface area (Å²) < 4.78 is 13.3. The van der Waals surface area contributed by atoms with Crippen LogP contribution in [0.4, 0.5) is 4.39 Å². The number of hydrogen-bond acceptors (Lipinski definition) is 2. The molecule has 20 heavy (non-hydrogen) atoms. The third-order valence-electron chi connectivity index (χ3n) is 2.96. The first kappa shape index (κ1) is 16.2. The zero-order chi connectivity index (χ0) is 15.0. The molecule has 0 aliphatic rings. The molecule has 1 rings (SSSR count). The number of aliphatic hydroxyl groups excluding tert-OH is 1. The van der Waals surface area contributed by atoms with Crippen molar-refractivity contribution in [3.63, 3.8) is 0 Å². The third-order valence-corrected chi connectivity index (χ3v) is 2.96. The molecular formula is C16H20FNO2. The number of aliphatic hydroxyl groups is 1. The molecule has 0 heterocycles. The van der Waals surface area contributed by atoms with Crippen molar-refractivity contribution < 1.29 is 14.3 Å². The molecule has 0 aromatic heterocycles. The fraction of sp³-hybridized carbons (Fsp3) is 0.438. The largest absolute Gasteiger partial charge is 0.384 e. The number of unbranched alkanes of at least 4 members (excludes halogenated alkanes) is 1. The van der Waals surface area contributed by atoms with Gasteiger partial charge in [0, 0.05) is 18.7 Å². The molecule has 0 aliphatic carbocycles. The van der Waals surface area contributed by atoms with Gasteiger partial charge in [-0.15, -0.1) is 0 Å². The van der Waals surface area contributed by atoms with Gasteiger partial charge in [-0.1, -0.05) is 25.2 Å². The highest BCUT2D eigenvalue weighted by atomic mass is 19.1. The van der Waals surface area contributed by atoms with E-state index in [0.717, 1.165) is 12.8 Å². The van der Waals surface area contributed by atoms with Gasteiger partial charge in [-0.05, 0) is 31.5 Å². The number of amides is 1. The SMILES string of the molecule is CCCCN(CC)C(=O)c1ccc(F)cc1C#CCO. The molecule has 0 saturated heterocycles. The van der Waals surface area contributed by atoms with Gasteiger partial charge < -0.3 is 10.0 Å². The van der Waals surface area contributed by atoms with E-state index in [4.69, 9.17) is 5.11 Å². The molecule has 1 aromatic carbocycles. The minimum atomic E-state index is -0.444. The molecule has 0 aliphatic heterocycles. The van der Waals surface area contributed by atoms with Crippen LogP contribution in [0.1, 0.15) is 42.6 Å². The molecule has 0 bridgehead atoms. The Kier molecular flexibility index (Phi) is 6.75. The van der Waals surface area contributed by atoms with E-state index in [1.165, 1.54) is 18.2 Å². The zero-order valence-corrected chi connectivity index (χ0v) is 11.9. The lowest BCUT2D eigenvalue weighted by molar-refractivity contribution is 0.0762. The van der Waals surface area contributed by atoms with Crippen molar-refractivity contribution in [3.05, 3.63) is 35.1 Å². The van der Waals surface area contributed by atoms with Crippen LogP contribution in [0.15, 0.2) is 18.2 Å². The summed E-state index contributed by atoms with van der Waals surface area (Å²) in [5, 5.41) is 8.74. The number of carbonyl (C=O) groups is 1. The Morgan fingerprint density at radius 1 is 1.40 bits per heavy atom. The summed E-state index contributed by atoms with van der Waals surface area (Å²) in [6.45, 7) is 4.93. The second-order valence-electron chi connectivity index (χ2n) is 4.39. The van der Waals surface area contributed by atoms with E-state index in [1.54, 1.807) is 4.90 Å². The van der Waals surface area contributed by atoms with Crippen molar-refractivity contribution >= 4 is 5.91 Å². The van der Waals surface area contributed by atoms with Gasteiger partial charge in [0.25, 0.3) is 5.91 Å². The Balaban J connectivity index is 3.07. The summed E-state index contributed by atoms with van der Waals surface area (Å²) >= 11 is 0. The Labute approximate surface area is 119 Å². The number of nitrogens with zero attached hydrogens (tertiary/aromatic N) is 1. The van der Waals surface area contributed by atoms with Crippen LogP contribution in [0.3, 0.4) is 0 Å². The van der Waals surface area contributed by atoms with Crippen LogP contribution < -0.4 is 0 Å². The third kappa shape index (κ3) is 4.36. The molecule has 1 N–H and O–H groups in total. The van der Waals surface area contributed by atoms with E-state index in [1.807, 2.05) is 6.92 Å². The summed E-state index contributed by atoms with van der Waals surface area (Å²) in [7, 11) is 0. The Bertz CT molecular complexity index is 517. The molecule has 0 saturated carbocycles. The average Bonchev–Trinajstić information content (AvgIpc) is 2.45. The van der Waals surface area contributed by atoms with Crippen molar-refractivity contribution in [2.45, 2.75) is 26.7 Å². The smallest absolute Gasteiger partial charge is 0.255 e. The van der Waals surface area contributed by atoms with Crippen molar-refractivity contribution in [1.29, 1.82) is 0 Å². The van der Waals surface area contributed by atoms with Crippen LogP contribution in [-0.4, -0.2) is 35.6 Å². The predicted molar refractivity (Wildman–Crippen MR) is 76.8 cm³/mol. The van der Waals surface area contributed by atoms with Crippen LogP contribution in [0.5, 0.6) is 0 Å². The summed E-state index contributed by atoms with van der Waals surface area (Å²) in [5.41, 5.74) is 0.698. The van der Waals surface area contributed by atoms with Gasteiger partial charge in [0.15, 0.2) is 0 Å². The molecule has 1 aromatic rings. The standard InChI is InChI=1S/C16H20FNO2/c1-3-5-10-18(4-2)16(20)15-9-8-14(17)12-13(15)7-6-11-19/h8-9,12,19H,3-5,10-11H2,1-2H3. The maximum Gasteiger partial charge on any atom is 0.255 e. The molecule has 0 spiro atoms. The van der Waals surface area contributed by atoms with Crippen LogP contribution >= 0.6 is 0 Å². The van der Waals surface area contributed by atoms with Gasteiger partial charge in [0.1, 0.15) is 12.4 Å². The molecular weight excluding hydrogens is 257 g/mol. The number of hydrogen-bond donors (Lipinski definition) is 1. The first-order valence-electron chi connectivity index (χ1n) is 6.82. The lowest BCUT2D eigenvalue weighted by Gasteiger charge is -2.21. The Morgan fingerprint density at radius 3 is 2.75 bits per heavy atom. The summed E-state index contributed by atoms with van der Waals surface area (Å²) in [5.74, 6) is 4.49. The fourth-order valence-corrected chi connectivity index (χ4v) is 1.86.